The molecular formula is C22H28ClFN2O4S. The minimum atomic E-state index is -3.28. The molecule has 1 aromatic rings. The number of nitrogens with zero attached hydrogens (tertiary/aromatic N) is 1. The second-order valence-electron chi connectivity index (χ2n) is 7.30. The smallest absolute Gasteiger partial charge is 0.214 e. The Kier molecular flexibility index (Phi) is 10.1. The maximum absolute atomic E-state index is 14.3. The van der Waals surface area contributed by atoms with Gasteiger partial charge in [0.25, 0.3) is 0 Å². The van der Waals surface area contributed by atoms with Gasteiger partial charge in [-0.3, -0.25) is 4.98 Å². The lowest BCUT2D eigenvalue weighted by atomic mass is 9.98. The van der Waals surface area contributed by atoms with Crippen LogP contribution in [0, 0.1) is 18.8 Å². The summed E-state index contributed by atoms with van der Waals surface area (Å²) in [4.78, 5) is 4.19. The zero-order chi connectivity index (χ0) is 22.9. The van der Waals surface area contributed by atoms with Crippen molar-refractivity contribution in [3.05, 3.63) is 47.0 Å². The fourth-order valence-corrected chi connectivity index (χ4v) is 4.96. The van der Waals surface area contributed by atoms with Crippen molar-refractivity contribution in [1.29, 1.82) is 0 Å². The van der Waals surface area contributed by atoms with Gasteiger partial charge in [-0.25, -0.2) is 17.5 Å². The SMILES string of the molecule is C#C.C/C=C(\C=C(\F)COC[C@H]1COCCC1NS(=O)(=O)C1CC1)c1ccc(Cl)cn1. The molecule has 0 amide bonds. The number of pyridine rings is 1. The van der Waals surface area contributed by atoms with Crippen molar-refractivity contribution >= 4 is 27.2 Å². The highest BCUT2D eigenvalue weighted by molar-refractivity contribution is 7.90. The Morgan fingerprint density at radius 1 is 1.39 bits per heavy atom. The van der Waals surface area contributed by atoms with E-state index in [9.17, 15) is 12.8 Å². The first-order chi connectivity index (χ1) is 14.9. The molecule has 2 heterocycles. The Hall–Kier alpha value is -1.76. The predicted octanol–water partition coefficient (Wildman–Crippen LogP) is 3.74. The van der Waals surface area contributed by atoms with Gasteiger partial charge in [0.05, 0.1) is 35.8 Å². The molecule has 0 radical (unpaired) electrons. The van der Waals surface area contributed by atoms with Gasteiger partial charge in [-0.05, 0) is 50.0 Å². The van der Waals surface area contributed by atoms with Gasteiger partial charge in [-0.2, -0.15) is 0 Å². The number of rotatable bonds is 9. The first-order valence-electron chi connectivity index (χ1n) is 10.0. The number of sulfonamides is 1. The lowest BCUT2D eigenvalue weighted by Gasteiger charge is -2.31. The third-order valence-corrected chi connectivity index (χ3v) is 7.18. The van der Waals surface area contributed by atoms with Crippen molar-refractivity contribution in [3.63, 3.8) is 0 Å². The topological polar surface area (TPSA) is 77.5 Å². The maximum atomic E-state index is 14.3. The molecule has 1 saturated heterocycles. The Balaban J connectivity index is 0.00000166. The Morgan fingerprint density at radius 3 is 2.74 bits per heavy atom. The van der Waals surface area contributed by atoms with E-state index in [0.29, 0.717) is 48.8 Å². The van der Waals surface area contributed by atoms with E-state index in [4.69, 9.17) is 21.1 Å². The quantitative estimate of drug-likeness (QED) is 0.439. The highest BCUT2D eigenvalue weighted by atomic mass is 35.5. The van der Waals surface area contributed by atoms with Gasteiger partial charge in [-0.1, -0.05) is 17.7 Å². The van der Waals surface area contributed by atoms with Gasteiger partial charge in [0.1, 0.15) is 5.83 Å². The Labute approximate surface area is 188 Å². The molecule has 0 aromatic carbocycles. The lowest BCUT2D eigenvalue weighted by molar-refractivity contribution is -0.00597. The third-order valence-electron chi connectivity index (χ3n) is 4.97. The van der Waals surface area contributed by atoms with Crippen molar-refractivity contribution in [3.8, 4) is 12.8 Å². The van der Waals surface area contributed by atoms with Crippen molar-refractivity contribution in [2.24, 2.45) is 5.92 Å². The summed E-state index contributed by atoms with van der Waals surface area (Å²) in [7, 11) is -3.28. The fraction of sp³-hybridized carbons (Fsp3) is 0.500. The number of halogens is 2. The van der Waals surface area contributed by atoms with Crippen LogP contribution in [0.1, 0.15) is 31.9 Å². The molecule has 1 N–H and O–H groups in total. The van der Waals surface area contributed by atoms with Crippen LogP contribution in [0.3, 0.4) is 0 Å². The standard InChI is InChI=1S/C20H26ClFN2O4S.C2H2/c1-2-14(19-6-3-16(21)10-23-19)9-17(22)13-28-12-15-11-27-8-7-20(15)24-29(25,26)18-4-5-18;1-2/h2-3,6,9-10,15,18,20,24H,4-5,7-8,11-13H2,1H3;1-2H/b14-2+,17-9+;/t15-,20?;/m1./s1. The minimum Gasteiger partial charge on any atom is -0.381 e. The van der Waals surface area contributed by atoms with Gasteiger partial charge in [0.15, 0.2) is 0 Å². The predicted molar refractivity (Wildman–Crippen MR) is 121 cm³/mol. The first-order valence-corrected chi connectivity index (χ1v) is 12.0. The zero-order valence-electron chi connectivity index (χ0n) is 17.5. The highest BCUT2D eigenvalue weighted by Crippen LogP contribution is 2.29. The van der Waals surface area contributed by atoms with E-state index in [0.717, 1.165) is 0 Å². The van der Waals surface area contributed by atoms with Crippen LogP contribution in [-0.2, 0) is 19.5 Å². The number of allylic oxidation sites excluding steroid dienone is 3. The molecule has 1 saturated carbocycles. The van der Waals surface area contributed by atoms with Crippen LogP contribution < -0.4 is 4.72 Å². The summed E-state index contributed by atoms with van der Waals surface area (Å²) in [5.41, 5.74) is 1.24. The second-order valence-corrected chi connectivity index (χ2v) is 9.73. The zero-order valence-corrected chi connectivity index (χ0v) is 19.0. The van der Waals surface area contributed by atoms with Gasteiger partial charge in [-0.15, -0.1) is 12.8 Å². The van der Waals surface area contributed by atoms with Crippen molar-refractivity contribution < 1.29 is 22.3 Å². The summed E-state index contributed by atoms with van der Waals surface area (Å²) in [6, 6.07) is 3.17. The van der Waals surface area contributed by atoms with E-state index >= 15 is 0 Å². The molecule has 1 aliphatic heterocycles. The summed E-state index contributed by atoms with van der Waals surface area (Å²) >= 11 is 5.84. The van der Waals surface area contributed by atoms with Crippen LogP contribution in [0.2, 0.25) is 5.02 Å². The van der Waals surface area contributed by atoms with E-state index in [-0.39, 0.29) is 30.4 Å². The second kappa shape index (κ2) is 12.3. The van der Waals surface area contributed by atoms with Gasteiger partial charge < -0.3 is 9.47 Å². The van der Waals surface area contributed by atoms with Crippen LogP contribution in [0.5, 0.6) is 0 Å². The summed E-state index contributed by atoms with van der Waals surface area (Å²) < 4.78 is 52.5. The molecule has 9 heteroatoms. The number of aromatic nitrogens is 1. The molecule has 1 aromatic heterocycles. The molecule has 2 fully saturated rings. The van der Waals surface area contributed by atoms with Crippen molar-refractivity contribution in [1.82, 2.24) is 9.71 Å². The summed E-state index contributed by atoms with van der Waals surface area (Å²) in [5.74, 6) is -0.592. The molecule has 3 rings (SSSR count). The molecular weight excluding hydrogens is 443 g/mol. The van der Waals surface area contributed by atoms with E-state index in [1.54, 1.807) is 25.1 Å². The van der Waals surface area contributed by atoms with Crippen molar-refractivity contribution in [2.75, 3.05) is 26.4 Å². The van der Waals surface area contributed by atoms with Gasteiger partial charge >= 0.3 is 0 Å². The monoisotopic (exact) mass is 470 g/mol. The van der Waals surface area contributed by atoms with E-state index < -0.39 is 15.9 Å². The van der Waals surface area contributed by atoms with Crippen LogP contribution in [-0.4, -0.2) is 51.1 Å². The normalized spacial score (nSPS) is 22.5. The first kappa shape index (κ1) is 25.5. The summed E-state index contributed by atoms with van der Waals surface area (Å²) in [6.07, 6.45) is 14.7. The van der Waals surface area contributed by atoms with Gasteiger partial charge in [0.2, 0.25) is 10.0 Å². The highest BCUT2D eigenvalue weighted by Gasteiger charge is 2.39. The Bertz CT molecular complexity index is 896. The van der Waals surface area contributed by atoms with Crippen LogP contribution in [0.25, 0.3) is 5.57 Å². The molecule has 170 valence electrons. The number of hydrogen-bond donors (Lipinski definition) is 1. The van der Waals surface area contributed by atoms with Crippen LogP contribution in [0.15, 0.2) is 36.3 Å². The van der Waals surface area contributed by atoms with Crippen LogP contribution >= 0.6 is 11.6 Å². The number of terminal acetylenes is 1. The average Bonchev–Trinajstić information content (AvgIpc) is 3.61. The molecule has 0 spiro atoms. The summed E-state index contributed by atoms with van der Waals surface area (Å²) in [5, 5.41) is 0.242. The Morgan fingerprint density at radius 2 is 2.13 bits per heavy atom. The number of ether oxygens (including phenoxy) is 2. The maximum Gasteiger partial charge on any atom is 0.214 e. The number of hydrogen-bond acceptors (Lipinski definition) is 5. The van der Waals surface area contributed by atoms with Gasteiger partial charge in [0, 0.05) is 24.8 Å². The summed E-state index contributed by atoms with van der Waals surface area (Å²) in [6.45, 7) is 2.69. The molecule has 0 bridgehead atoms. The lowest BCUT2D eigenvalue weighted by Crippen LogP contribution is -2.48. The molecule has 6 nitrogen and oxygen atoms in total. The minimum absolute atomic E-state index is 0.149. The third kappa shape index (κ3) is 8.02. The van der Waals surface area contributed by atoms with E-state index in [1.807, 2.05) is 0 Å². The molecule has 2 aliphatic rings. The molecule has 1 unspecified atom stereocenters. The fourth-order valence-electron chi connectivity index (χ4n) is 3.17. The van der Waals surface area contributed by atoms with E-state index in [1.165, 1.54) is 12.3 Å². The average molecular weight is 471 g/mol. The molecule has 1 aliphatic carbocycles. The van der Waals surface area contributed by atoms with Crippen molar-refractivity contribution in [2.45, 2.75) is 37.5 Å². The van der Waals surface area contributed by atoms with E-state index in [2.05, 4.69) is 22.6 Å². The largest absolute Gasteiger partial charge is 0.381 e. The number of nitrogens with one attached hydrogen (secondary N) is 1. The molecule has 31 heavy (non-hydrogen) atoms. The van der Waals surface area contributed by atoms with Crippen LogP contribution in [0.4, 0.5) is 4.39 Å². The molecule has 2 atom stereocenters.